The van der Waals surface area contributed by atoms with Crippen molar-refractivity contribution in [3.8, 4) is 11.5 Å². The van der Waals surface area contributed by atoms with Gasteiger partial charge in [0.25, 0.3) is 0 Å². The minimum atomic E-state index is -0.129. The van der Waals surface area contributed by atoms with Crippen molar-refractivity contribution < 1.29 is 14.3 Å². The largest absolute Gasteiger partial charge is 0.497 e. The van der Waals surface area contributed by atoms with Gasteiger partial charge < -0.3 is 9.47 Å². The van der Waals surface area contributed by atoms with E-state index >= 15 is 0 Å². The Balaban J connectivity index is 2.41. The van der Waals surface area contributed by atoms with E-state index in [-0.39, 0.29) is 5.78 Å². The fourth-order valence-corrected chi connectivity index (χ4v) is 1.80. The van der Waals surface area contributed by atoms with Gasteiger partial charge in [-0.2, -0.15) is 5.10 Å². The fraction of sp³-hybridized carbons (Fsp3) is 0.286. The second-order valence-corrected chi connectivity index (χ2v) is 3.98. The van der Waals surface area contributed by atoms with Crippen LogP contribution in [0.5, 0.6) is 11.5 Å². The molecule has 0 unspecified atom stereocenters. The van der Waals surface area contributed by atoms with E-state index in [9.17, 15) is 4.79 Å². The number of aromatic nitrogens is 2. The van der Waals surface area contributed by atoms with Crippen molar-refractivity contribution in [2.24, 2.45) is 0 Å². The molecular formula is C14H16N2O3. The maximum Gasteiger partial charge on any atom is 0.200 e. The number of ketones is 1. The van der Waals surface area contributed by atoms with E-state index in [1.807, 2.05) is 6.92 Å². The molecule has 0 bridgehead atoms. The number of hydrogen-bond acceptors (Lipinski definition) is 4. The highest BCUT2D eigenvalue weighted by molar-refractivity contribution is 6.10. The molecule has 1 aromatic carbocycles. The summed E-state index contributed by atoms with van der Waals surface area (Å²) in [6.45, 7) is 2.69. The summed E-state index contributed by atoms with van der Waals surface area (Å²) < 4.78 is 12.1. The van der Waals surface area contributed by atoms with Gasteiger partial charge in [-0.3, -0.25) is 9.48 Å². The Bertz CT molecular complexity index is 590. The number of carbonyl (C=O) groups is 1. The Morgan fingerprint density at radius 2 is 2.11 bits per heavy atom. The lowest BCUT2D eigenvalue weighted by molar-refractivity contribution is 0.103. The van der Waals surface area contributed by atoms with Crippen molar-refractivity contribution in [2.45, 2.75) is 13.5 Å². The lowest BCUT2D eigenvalue weighted by atomic mass is 10.0. The van der Waals surface area contributed by atoms with Crippen LogP contribution in [0.4, 0.5) is 0 Å². The summed E-state index contributed by atoms with van der Waals surface area (Å²) in [5.41, 5.74) is 1.01. The quantitative estimate of drug-likeness (QED) is 0.773. The van der Waals surface area contributed by atoms with Crippen molar-refractivity contribution in [3.63, 3.8) is 0 Å². The van der Waals surface area contributed by atoms with Gasteiger partial charge in [0.05, 0.1) is 31.5 Å². The molecule has 5 nitrogen and oxygen atoms in total. The molecule has 0 saturated carbocycles. The number of carbonyl (C=O) groups excluding carboxylic acids is 1. The third-order valence-corrected chi connectivity index (χ3v) is 2.87. The Morgan fingerprint density at radius 3 is 2.68 bits per heavy atom. The summed E-state index contributed by atoms with van der Waals surface area (Å²) in [6, 6.07) is 5.14. The molecule has 0 atom stereocenters. The number of aryl methyl sites for hydroxylation is 1. The van der Waals surface area contributed by atoms with Crippen LogP contribution in [0, 0.1) is 0 Å². The molecule has 0 radical (unpaired) electrons. The molecule has 2 rings (SSSR count). The normalized spacial score (nSPS) is 10.3. The van der Waals surface area contributed by atoms with Crippen molar-refractivity contribution >= 4 is 5.78 Å². The summed E-state index contributed by atoms with van der Waals surface area (Å²) in [5.74, 6) is 1.01. The van der Waals surface area contributed by atoms with Gasteiger partial charge in [0.15, 0.2) is 5.78 Å². The van der Waals surface area contributed by atoms with Crippen LogP contribution in [0.15, 0.2) is 30.6 Å². The van der Waals surface area contributed by atoms with Crippen LogP contribution in [0.25, 0.3) is 0 Å². The molecule has 2 aromatic rings. The molecule has 1 aromatic heterocycles. The van der Waals surface area contributed by atoms with Gasteiger partial charge in [-0.15, -0.1) is 0 Å². The number of rotatable bonds is 5. The highest BCUT2D eigenvalue weighted by Gasteiger charge is 2.17. The van der Waals surface area contributed by atoms with Crippen LogP contribution in [-0.2, 0) is 6.54 Å². The van der Waals surface area contributed by atoms with Gasteiger partial charge in [0, 0.05) is 12.7 Å². The zero-order chi connectivity index (χ0) is 13.8. The maximum atomic E-state index is 12.4. The third kappa shape index (κ3) is 2.59. The van der Waals surface area contributed by atoms with Gasteiger partial charge in [-0.1, -0.05) is 0 Å². The molecule has 0 aliphatic carbocycles. The maximum absolute atomic E-state index is 12.4. The second kappa shape index (κ2) is 5.56. The van der Waals surface area contributed by atoms with Crippen molar-refractivity contribution in [1.29, 1.82) is 0 Å². The van der Waals surface area contributed by atoms with Gasteiger partial charge in [0.1, 0.15) is 11.5 Å². The number of nitrogens with zero attached hydrogens (tertiary/aromatic N) is 2. The first kappa shape index (κ1) is 13.1. The molecule has 0 aliphatic heterocycles. The molecule has 19 heavy (non-hydrogen) atoms. The number of hydrogen-bond donors (Lipinski definition) is 0. The molecule has 0 N–H and O–H groups in total. The molecule has 0 amide bonds. The second-order valence-electron chi connectivity index (χ2n) is 3.98. The van der Waals surface area contributed by atoms with E-state index in [4.69, 9.17) is 9.47 Å². The van der Waals surface area contributed by atoms with Gasteiger partial charge in [0.2, 0.25) is 0 Å². The highest BCUT2D eigenvalue weighted by atomic mass is 16.5. The Hall–Kier alpha value is -2.30. The van der Waals surface area contributed by atoms with Crippen LogP contribution in [0.3, 0.4) is 0 Å². The molecular weight excluding hydrogens is 244 g/mol. The summed E-state index contributed by atoms with van der Waals surface area (Å²) >= 11 is 0. The van der Waals surface area contributed by atoms with E-state index in [2.05, 4.69) is 5.10 Å². The molecule has 5 heteroatoms. The van der Waals surface area contributed by atoms with Crippen molar-refractivity contribution in [3.05, 3.63) is 41.7 Å². The standard InChI is InChI=1S/C14H16N2O3/c1-4-16-9-10(8-15-16)14(17)12-7-11(18-2)5-6-13(12)19-3/h5-9H,4H2,1-3H3. The average molecular weight is 260 g/mol. The summed E-state index contributed by atoms with van der Waals surface area (Å²) in [5, 5.41) is 4.10. The minimum Gasteiger partial charge on any atom is -0.497 e. The first-order valence-corrected chi connectivity index (χ1v) is 5.98. The van der Waals surface area contributed by atoms with E-state index in [1.165, 1.54) is 7.11 Å². The topological polar surface area (TPSA) is 53.4 Å². The Labute approximate surface area is 111 Å². The molecule has 100 valence electrons. The monoisotopic (exact) mass is 260 g/mol. The lowest BCUT2D eigenvalue weighted by Crippen LogP contribution is -2.04. The van der Waals surface area contributed by atoms with Crippen LogP contribution >= 0.6 is 0 Å². The fourth-order valence-electron chi connectivity index (χ4n) is 1.80. The van der Waals surface area contributed by atoms with Crippen molar-refractivity contribution in [2.75, 3.05) is 14.2 Å². The van der Waals surface area contributed by atoms with E-state index in [1.54, 1.807) is 42.4 Å². The van der Waals surface area contributed by atoms with Crippen LogP contribution in [0.1, 0.15) is 22.8 Å². The molecule has 0 saturated heterocycles. The molecule has 0 fully saturated rings. The average Bonchev–Trinajstić information content (AvgIpc) is 2.94. The SMILES string of the molecule is CCn1cc(C(=O)c2cc(OC)ccc2OC)cn1. The number of ether oxygens (including phenoxy) is 2. The van der Waals surface area contributed by atoms with Gasteiger partial charge in [-0.05, 0) is 25.1 Å². The van der Waals surface area contributed by atoms with E-state index in [0.29, 0.717) is 22.6 Å². The molecule has 0 aliphatic rings. The van der Waals surface area contributed by atoms with Gasteiger partial charge >= 0.3 is 0 Å². The molecule has 0 spiro atoms. The highest BCUT2D eigenvalue weighted by Crippen LogP contribution is 2.26. The van der Waals surface area contributed by atoms with Crippen LogP contribution in [0.2, 0.25) is 0 Å². The third-order valence-electron chi connectivity index (χ3n) is 2.87. The summed E-state index contributed by atoms with van der Waals surface area (Å²) in [4.78, 5) is 12.4. The Morgan fingerprint density at radius 1 is 1.32 bits per heavy atom. The Kier molecular flexibility index (Phi) is 3.85. The van der Waals surface area contributed by atoms with E-state index in [0.717, 1.165) is 6.54 Å². The lowest BCUT2D eigenvalue weighted by Gasteiger charge is -2.08. The number of benzene rings is 1. The van der Waals surface area contributed by atoms with Crippen LogP contribution in [-0.4, -0.2) is 29.8 Å². The smallest absolute Gasteiger partial charge is 0.200 e. The zero-order valence-electron chi connectivity index (χ0n) is 11.2. The predicted octanol–water partition coefficient (Wildman–Crippen LogP) is 2.15. The van der Waals surface area contributed by atoms with E-state index < -0.39 is 0 Å². The first-order chi connectivity index (χ1) is 9.19. The van der Waals surface area contributed by atoms with Crippen LogP contribution < -0.4 is 9.47 Å². The van der Waals surface area contributed by atoms with Crippen molar-refractivity contribution in [1.82, 2.24) is 9.78 Å². The zero-order valence-corrected chi connectivity index (χ0v) is 11.2. The van der Waals surface area contributed by atoms with Gasteiger partial charge in [-0.25, -0.2) is 0 Å². The minimum absolute atomic E-state index is 0.129. The predicted molar refractivity (Wildman–Crippen MR) is 70.9 cm³/mol. The summed E-state index contributed by atoms with van der Waals surface area (Å²) in [7, 11) is 3.10. The first-order valence-electron chi connectivity index (χ1n) is 5.98. The number of methoxy groups -OCH3 is 2. The molecule has 1 heterocycles. The summed E-state index contributed by atoms with van der Waals surface area (Å²) in [6.07, 6.45) is 3.28.